The zero-order valence-electron chi connectivity index (χ0n) is 12.7. The number of benzene rings is 1. The van der Waals surface area contributed by atoms with E-state index in [4.69, 9.17) is 16.2 Å². The molecule has 1 aromatic rings. The maximum atomic E-state index is 5.67. The van der Waals surface area contributed by atoms with E-state index in [1.807, 2.05) is 12.1 Å². The Morgan fingerprint density at radius 3 is 2.20 bits per heavy atom. The Morgan fingerprint density at radius 1 is 1.20 bits per heavy atom. The van der Waals surface area contributed by atoms with Crippen molar-refractivity contribution in [2.45, 2.75) is 33.1 Å². The highest BCUT2D eigenvalue weighted by molar-refractivity contribution is 14.0. The molecule has 20 heavy (non-hydrogen) atoms. The van der Waals surface area contributed by atoms with Crippen LogP contribution in [-0.2, 0) is 5.41 Å². The van der Waals surface area contributed by atoms with Crippen LogP contribution < -0.4 is 16.2 Å². The average molecular weight is 391 g/mol. The van der Waals surface area contributed by atoms with Crippen LogP contribution in [0.2, 0.25) is 0 Å². The van der Waals surface area contributed by atoms with Crippen LogP contribution in [-0.4, -0.2) is 19.1 Å². The summed E-state index contributed by atoms with van der Waals surface area (Å²) >= 11 is 0. The van der Waals surface area contributed by atoms with Crippen LogP contribution in [0.5, 0.6) is 5.75 Å². The van der Waals surface area contributed by atoms with Crippen molar-refractivity contribution in [1.29, 1.82) is 0 Å². The van der Waals surface area contributed by atoms with Gasteiger partial charge in [-0.2, -0.15) is 0 Å². The van der Waals surface area contributed by atoms with Crippen LogP contribution in [0.4, 0.5) is 0 Å². The first kappa shape index (κ1) is 19.0. The molecule has 0 aliphatic heterocycles. The maximum Gasteiger partial charge on any atom is 0.185 e. The molecule has 1 aromatic carbocycles. The molecule has 4 N–H and O–H groups in total. The van der Waals surface area contributed by atoms with E-state index >= 15 is 0 Å². The monoisotopic (exact) mass is 391 g/mol. The zero-order valence-corrected chi connectivity index (χ0v) is 15.0. The maximum absolute atomic E-state index is 5.67. The number of hydrogen-bond acceptors (Lipinski definition) is 2. The molecule has 114 valence electrons. The van der Waals surface area contributed by atoms with Crippen LogP contribution in [0.3, 0.4) is 0 Å². The first-order valence-electron chi connectivity index (χ1n) is 6.60. The van der Waals surface area contributed by atoms with Gasteiger partial charge in [0.25, 0.3) is 0 Å². The molecule has 0 unspecified atom stereocenters. The number of halogens is 1. The van der Waals surface area contributed by atoms with Crippen LogP contribution in [0.1, 0.15) is 33.3 Å². The Kier molecular flexibility index (Phi) is 7.93. The molecule has 0 fully saturated rings. The highest BCUT2D eigenvalue weighted by Crippen LogP contribution is 2.25. The quantitative estimate of drug-likeness (QED) is 0.445. The topological polar surface area (TPSA) is 73.6 Å². The summed E-state index contributed by atoms with van der Waals surface area (Å²) < 4.78 is 5.67. The average Bonchev–Trinajstić information content (AvgIpc) is 2.34. The van der Waals surface area contributed by atoms with E-state index in [0.29, 0.717) is 12.5 Å². The van der Waals surface area contributed by atoms with E-state index < -0.39 is 0 Å². The molecular weight excluding hydrogens is 365 g/mol. The van der Waals surface area contributed by atoms with Gasteiger partial charge in [-0.05, 0) is 23.6 Å². The summed E-state index contributed by atoms with van der Waals surface area (Å²) in [5, 5.41) is 0. The molecule has 0 heterocycles. The number of nitrogens with zero attached hydrogens (tertiary/aromatic N) is 1. The van der Waals surface area contributed by atoms with Gasteiger partial charge in [0, 0.05) is 5.41 Å². The Hall–Kier alpha value is -0.980. The van der Waals surface area contributed by atoms with Crippen molar-refractivity contribution in [2.24, 2.45) is 22.4 Å². The molecule has 0 saturated carbocycles. The van der Waals surface area contributed by atoms with Crippen LogP contribution in [0, 0.1) is 5.92 Å². The Bertz CT molecular complexity index is 423. The van der Waals surface area contributed by atoms with E-state index in [2.05, 4.69) is 44.8 Å². The highest BCUT2D eigenvalue weighted by atomic mass is 127. The van der Waals surface area contributed by atoms with E-state index in [0.717, 1.165) is 12.4 Å². The second kappa shape index (κ2) is 8.34. The summed E-state index contributed by atoms with van der Waals surface area (Å²) in [5.41, 5.74) is 11.8. The van der Waals surface area contributed by atoms with Gasteiger partial charge in [-0.3, -0.25) is 4.99 Å². The van der Waals surface area contributed by atoms with Crippen LogP contribution >= 0.6 is 24.0 Å². The lowest BCUT2D eigenvalue weighted by atomic mass is 9.85. The summed E-state index contributed by atoms with van der Waals surface area (Å²) in [5.74, 6) is 1.55. The third-order valence-corrected chi connectivity index (χ3v) is 2.88. The van der Waals surface area contributed by atoms with Crippen molar-refractivity contribution in [2.75, 3.05) is 13.2 Å². The van der Waals surface area contributed by atoms with E-state index in [9.17, 15) is 0 Å². The lowest BCUT2D eigenvalue weighted by Gasteiger charge is -2.23. The van der Waals surface area contributed by atoms with Gasteiger partial charge in [0.2, 0.25) is 0 Å². The standard InChI is InChI=1S/C15H25N3O.HI/c1-11(2)9-19-13-7-5-12(6-8-13)15(3,4)10-18-14(16)17;/h5-8,11H,9-10H2,1-4H3,(H4,16,17,18);1H. The fourth-order valence-electron chi connectivity index (χ4n) is 1.65. The molecule has 0 amide bonds. The summed E-state index contributed by atoms with van der Waals surface area (Å²) in [4.78, 5) is 4.10. The molecule has 0 atom stereocenters. The van der Waals surface area contributed by atoms with Gasteiger partial charge in [0.15, 0.2) is 5.96 Å². The Labute approximate surface area is 139 Å². The lowest BCUT2D eigenvalue weighted by molar-refractivity contribution is 0.271. The zero-order chi connectivity index (χ0) is 14.5. The smallest absolute Gasteiger partial charge is 0.185 e. The molecule has 1 rings (SSSR count). The molecule has 0 aliphatic rings. The Balaban J connectivity index is 0.00000361. The number of hydrogen-bond donors (Lipinski definition) is 2. The number of guanidine groups is 1. The molecule has 0 aromatic heterocycles. The third-order valence-electron chi connectivity index (χ3n) is 2.88. The van der Waals surface area contributed by atoms with Gasteiger partial charge >= 0.3 is 0 Å². The van der Waals surface area contributed by atoms with Crippen molar-refractivity contribution < 1.29 is 4.74 Å². The third kappa shape index (κ3) is 6.45. The fourth-order valence-corrected chi connectivity index (χ4v) is 1.65. The van der Waals surface area contributed by atoms with Gasteiger partial charge in [0.05, 0.1) is 13.2 Å². The molecule has 4 nitrogen and oxygen atoms in total. The van der Waals surface area contributed by atoms with Gasteiger partial charge in [-0.1, -0.05) is 39.8 Å². The minimum atomic E-state index is -0.0967. The Morgan fingerprint density at radius 2 is 1.75 bits per heavy atom. The predicted molar refractivity (Wildman–Crippen MR) is 95.9 cm³/mol. The van der Waals surface area contributed by atoms with E-state index in [1.54, 1.807) is 0 Å². The highest BCUT2D eigenvalue weighted by Gasteiger charge is 2.20. The van der Waals surface area contributed by atoms with Crippen LogP contribution in [0.25, 0.3) is 0 Å². The van der Waals surface area contributed by atoms with Crippen molar-refractivity contribution >= 4 is 29.9 Å². The lowest BCUT2D eigenvalue weighted by Crippen LogP contribution is -2.28. The fraction of sp³-hybridized carbons (Fsp3) is 0.533. The first-order valence-corrected chi connectivity index (χ1v) is 6.60. The summed E-state index contributed by atoms with van der Waals surface area (Å²) in [6.45, 7) is 9.80. The van der Waals surface area contributed by atoms with Crippen molar-refractivity contribution in [3.8, 4) is 5.75 Å². The second-order valence-corrected chi connectivity index (χ2v) is 5.85. The van der Waals surface area contributed by atoms with Crippen molar-refractivity contribution in [3.05, 3.63) is 29.8 Å². The molecule has 5 heteroatoms. The van der Waals surface area contributed by atoms with Gasteiger partial charge in [-0.15, -0.1) is 24.0 Å². The van der Waals surface area contributed by atoms with Gasteiger partial charge < -0.3 is 16.2 Å². The molecule has 0 spiro atoms. The summed E-state index contributed by atoms with van der Waals surface area (Å²) in [6.07, 6.45) is 0. The number of rotatable bonds is 6. The van der Waals surface area contributed by atoms with Crippen molar-refractivity contribution in [1.82, 2.24) is 0 Å². The number of aliphatic imine (C=N–C) groups is 1. The molecule has 0 aliphatic carbocycles. The minimum Gasteiger partial charge on any atom is -0.493 e. The first-order chi connectivity index (χ1) is 8.81. The van der Waals surface area contributed by atoms with Crippen molar-refractivity contribution in [3.63, 3.8) is 0 Å². The predicted octanol–water partition coefficient (Wildman–Crippen LogP) is 2.89. The molecular formula is C15H26IN3O. The van der Waals surface area contributed by atoms with E-state index in [1.165, 1.54) is 5.56 Å². The minimum absolute atomic E-state index is 0. The number of ether oxygens (including phenoxy) is 1. The molecule has 0 saturated heterocycles. The summed E-state index contributed by atoms with van der Waals surface area (Å²) in [6, 6.07) is 8.12. The SMILES string of the molecule is CC(C)COc1ccc(C(C)(C)CN=C(N)N)cc1.I. The van der Waals surface area contributed by atoms with E-state index in [-0.39, 0.29) is 35.4 Å². The second-order valence-electron chi connectivity index (χ2n) is 5.85. The molecule has 0 radical (unpaired) electrons. The normalized spacial score (nSPS) is 10.8. The van der Waals surface area contributed by atoms with Crippen LogP contribution in [0.15, 0.2) is 29.3 Å². The largest absolute Gasteiger partial charge is 0.493 e. The van der Waals surface area contributed by atoms with Gasteiger partial charge in [0.1, 0.15) is 5.75 Å². The van der Waals surface area contributed by atoms with Gasteiger partial charge in [-0.25, -0.2) is 0 Å². The molecule has 0 bridgehead atoms. The summed E-state index contributed by atoms with van der Waals surface area (Å²) in [7, 11) is 0. The number of nitrogens with two attached hydrogens (primary N) is 2.